The summed E-state index contributed by atoms with van der Waals surface area (Å²) in [6.45, 7) is 3.03. The lowest BCUT2D eigenvalue weighted by Crippen LogP contribution is -2.46. The van der Waals surface area contributed by atoms with Crippen molar-refractivity contribution < 1.29 is 8.42 Å². The molecule has 2 aromatic heterocycles. The molecule has 22 heavy (non-hydrogen) atoms. The molecule has 1 saturated heterocycles. The van der Waals surface area contributed by atoms with Gasteiger partial charge in [-0.1, -0.05) is 22.9 Å². The van der Waals surface area contributed by atoms with Crippen LogP contribution in [-0.4, -0.2) is 44.6 Å². The highest BCUT2D eigenvalue weighted by Gasteiger charge is 2.22. The van der Waals surface area contributed by atoms with Crippen LogP contribution in [-0.2, 0) is 10.0 Å². The fourth-order valence-electron chi connectivity index (χ4n) is 2.21. The highest BCUT2D eigenvalue weighted by atomic mass is 35.5. The first-order valence-corrected chi connectivity index (χ1v) is 9.27. The van der Waals surface area contributed by atoms with Gasteiger partial charge in [-0.25, -0.2) is 23.5 Å². The molecule has 118 valence electrons. The van der Waals surface area contributed by atoms with Crippen molar-refractivity contribution in [3.63, 3.8) is 0 Å². The van der Waals surface area contributed by atoms with E-state index < -0.39 is 10.0 Å². The van der Waals surface area contributed by atoms with Gasteiger partial charge in [0.15, 0.2) is 9.34 Å². The molecule has 1 aliphatic heterocycles. The van der Waals surface area contributed by atoms with Crippen molar-refractivity contribution in [2.45, 2.75) is 4.21 Å². The maximum Gasteiger partial charge on any atom is 0.249 e. The quantitative estimate of drug-likeness (QED) is 0.884. The zero-order valence-electron chi connectivity index (χ0n) is 11.5. The van der Waals surface area contributed by atoms with E-state index in [1.165, 1.54) is 6.20 Å². The molecule has 3 heterocycles. The number of nitrogens with two attached hydrogens (primary N) is 1. The molecule has 0 radical (unpaired) electrons. The Kier molecular flexibility index (Phi) is 4.22. The van der Waals surface area contributed by atoms with Crippen molar-refractivity contribution in [3.8, 4) is 0 Å². The number of piperazine rings is 1. The SMILES string of the molecule is NS(=O)(=O)c1cnc(N2CCN(c3ccc(Cl)cn3)CC2)s1. The van der Waals surface area contributed by atoms with Crippen LogP contribution < -0.4 is 14.9 Å². The molecule has 0 aromatic carbocycles. The smallest absolute Gasteiger partial charge is 0.249 e. The molecule has 0 amide bonds. The van der Waals surface area contributed by atoms with Gasteiger partial charge in [-0.05, 0) is 12.1 Å². The third-order valence-electron chi connectivity index (χ3n) is 3.34. The molecule has 10 heteroatoms. The maximum atomic E-state index is 11.3. The molecule has 0 spiro atoms. The van der Waals surface area contributed by atoms with E-state index in [0.29, 0.717) is 10.2 Å². The van der Waals surface area contributed by atoms with Gasteiger partial charge in [0, 0.05) is 32.4 Å². The molecule has 1 aliphatic rings. The largest absolute Gasteiger partial charge is 0.353 e. The van der Waals surface area contributed by atoms with Gasteiger partial charge in [0.05, 0.1) is 11.2 Å². The Bertz CT molecular complexity index is 754. The number of sulfonamides is 1. The van der Waals surface area contributed by atoms with E-state index in [1.807, 2.05) is 17.0 Å². The fraction of sp³-hybridized carbons (Fsp3) is 0.333. The molecule has 0 saturated carbocycles. The Morgan fingerprint density at radius 1 is 1.09 bits per heavy atom. The first-order valence-electron chi connectivity index (χ1n) is 6.53. The maximum absolute atomic E-state index is 11.3. The summed E-state index contributed by atoms with van der Waals surface area (Å²) in [4.78, 5) is 12.7. The molecule has 1 fully saturated rings. The molecule has 3 rings (SSSR count). The summed E-state index contributed by atoms with van der Waals surface area (Å²) in [5, 5.41) is 6.39. The van der Waals surface area contributed by atoms with Gasteiger partial charge in [-0.3, -0.25) is 0 Å². The van der Waals surface area contributed by atoms with Gasteiger partial charge >= 0.3 is 0 Å². The highest BCUT2D eigenvalue weighted by Crippen LogP contribution is 2.26. The van der Waals surface area contributed by atoms with Crippen LogP contribution >= 0.6 is 22.9 Å². The van der Waals surface area contributed by atoms with Crippen LogP contribution in [0.4, 0.5) is 10.9 Å². The van der Waals surface area contributed by atoms with Gasteiger partial charge in [0.2, 0.25) is 10.0 Å². The summed E-state index contributed by atoms with van der Waals surface area (Å²) in [5.41, 5.74) is 0. The molecular weight excluding hydrogens is 346 g/mol. The number of nitrogens with zero attached hydrogens (tertiary/aromatic N) is 4. The Morgan fingerprint density at radius 3 is 2.32 bits per heavy atom. The third-order valence-corrected chi connectivity index (χ3v) is 6.03. The predicted octanol–water partition coefficient (Wildman–Crippen LogP) is 1.17. The van der Waals surface area contributed by atoms with Gasteiger partial charge in [-0.15, -0.1) is 0 Å². The summed E-state index contributed by atoms with van der Waals surface area (Å²) < 4.78 is 22.7. The van der Waals surface area contributed by atoms with Crippen LogP contribution in [0.1, 0.15) is 0 Å². The number of aromatic nitrogens is 2. The number of anilines is 2. The van der Waals surface area contributed by atoms with E-state index >= 15 is 0 Å². The normalized spacial score (nSPS) is 16.1. The van der Waals surface area contributed by atoms with E-state index in [9.17, 15) is 8.42 Å². The molecule has 2 aromatic rings. The number of halogens is 1. The van der Waals surface area contributed by atoms with Crippen molar-refractivity contribution in [2.24, 2.45) is 5.14 Å². The number of hydrogen-bond acceptors (Lipinski definition) is 7. The van der Waals surface area contributed by atoms with E-state index in [1.54, 1.807) is 6.20 Å². The summed E-state index contributed by atoms with van der Waals surface area (Å²) in [6.07, 6.45) is 2.94. The number of primary sulfonamides is 1. The molecule has 2 N–H and O–H groups in total. The van der Waals surface area contributed by atoms with Crippen molar-refractivity contribution >= 4 is 43.9 Å². The fourth-order valence-corrected chi connectivity index (χ4v) is 3.91. The minimum atomic E-state index is -3.68. The van der Waals surface area contributed by atoms with Crippen LogP contribution in [0.2, 0.25) is 5.02 Å². The van der Waals surface area contributed by atoms with Crippen LogP contribution in [0, 0.1) is 0 Å². The number of rotatable bonds is 3. The minimum absolute atomic E-state index is 0.0873. The predicted molar refractivity (Wildman–Crippen MR) is 87.2 cm³/mol. The summed E-state index contributed by atoms with van der Waals surface area (Å²) in [7, 11) is -3.68. The molecule has 0 atom stereocenters. The van der Waals surface area contributed by atoms with Crippen LogP contribution in [0.25, 0.3) is 0 Å². The van der Waals surface area contributed by atoms with Gasteiger partial charge in [-0.2, -0.15) is 0 Å². The van der Waals surface area contributed by atoms with Crippen molar-refractivity contribution in [2.75, 3.05) is 36.0 Å². The summed E-state index contributed by atoms with van der Waals surface area (Å²) in [5.74, 6) is 0.883. The topological polar surface area (TPSA) is 92.4 Å². The van der Waals surface area contributed by atoms with E-state index in [2.05, 4.69) is 14.9 Å². The highest BCUT2D eigenvalue weighted by molar-refractivity contribution is 7.91. The van der Waals surface area contributed by atoms with Gasteiger partial charge in [0.25, 0.3) is 0 Å². The average molecular weight is 360 g/mol. The lowest BCUT2D eigenvalue weighted by molar-refractivity contribution is 0.599. The Hall–Kier alpha value is -1.42. The summed E-state index contributed by atoms with van der Waals surface area (Å²) in [6, 6.07) is 3.70. The first-order chi connectivity index (χ1) is 10.4. The van der Waals surface area contributed by atoms with Crippen LogP contribution in [0.5, 0.6) is 0 Å². The Morgan fingerprint density at radius 2 is 1.77 bits per heavy atom. The third kappa shape index (κ3) is 3.32. The van der Waals surface area contributed by atoms with Crippen LogP contribution in [0.3, 0.4) is 0 Å². The molecule has 0 unspecified atom stereocenters. The number of hydrogen-bond donors (Lipinski definition) is 1. The Balaban J connectivity index is 1.66. The standard InChI is InChI=1S/C12H14ClN5O2S2/c13-9-1-2-10(15-7-9)17-3-5-18(6-4-17)12-16-8-11(21-12)22(14,19)20/h1-2,7-8H,3-6H2,(H2,14,19,20). The second-order valence-corrected chi connectivity index (χ2v) is 8.05. The Labute approximate surface area is 137 Å². The second-order valence-electron chi connectivity index (χ2n) is 4.82. The lowest BCUT2D eigenvalue weighted by atomic mass is 10.3. The summed E-state index contributed by atoms with van der Waals surface area (Å²) >= 11 is 6.93. The van der Waals surface area contributed by atoms with Crippen molar-refractivity contribution in [1.29, 1.82) is 0 Å². The van der Waals surface area contributed by atoms with E-state index in [4.69, 9.17) is 16.7 Å². The average Bonchev–Trinajstić information content (AvgIpc) is 2.98. The zero-order valence-corrected chi connectivity index (χ0v) is 13.9. The molecular formula is C12H14ClN5O2S2. The minimum Gasteiger partial charge on any atom is -0.353 e. The number of pyridine rings is 1. The molecule has 7 nitrogen and oxygen atoms in total. The molecule has 0 bridgehead atoms. The van der Waals surface area contributed by atoms with E-state index in [0.717, 1.165) is 43.3 Å². The monoisotopic (exact) mass is 359 g/mol. The van der Waals surface area contributed by atoms with Crippen molar-refractivity contribution in [3.05, 3.63) is 29.5 Å². The molecule has 0 aliphatic carbocycles. The van der Waals surface area contributed by atoms with E-state index in [-0.39, 0.29) is 4.21 Å². The first kappa shape index (κ1) is 15.5. The number of thiazole rings is 1. The second kappa shape index (κ2) is 5.99. The van der Waals surface area contributed by atoms with Gasteiger partial charge < -0.3 is 9.80 Å². The van der Waals surface area contributed by atoms with Gasteiger partial charge in [0.1, 0.15) is 5.82 Å². The van der Waals surface area contributed by atoms with Crippen LogP contribution in [0.15, 0.2) is 28.7 Å². The lowest BCUT2D eigenvalue weighted by Gasteiger charge is -2.35. The van der Waals surface area contributed by atoms with Crippen molar-refractivity contribution in [1.82, 2.24) is 9.97 Å². The zero-order chi connectivity index (χ0) is 15.7.